The second kappa shape index (κ2) is 4.99. The quantitative estimate of drug-likeness (QED) is 0.360. The summed E-state index contributed by atoms with van der Waals surface area (Å²) in [6, 6.07) is 3.93. The molecule has 0 unspecified atom stereocenters. The van der Waals surface area contributed by atoms with E-state index in [0.717, 1.165) is 19.3 Å². The van der Waals surface area contributed by atoms with Gasteiger partial charge in [0, 0.05) is 6.07 Å². The molecule has 4 saturated carbocycles. The Balaban J connectivity index is 1.56. The number of imide groups is 1. The fourth-order valence-corrected chi connectivity index (χ4v) is 5.90. The Morgan fingerprint density at radius 1 is 1.08 bits per heavy atom. The van der Waals surface area contributed by atoms with Gasteiger partial charge in [-0.15, -0.1) is 0 Å². The molecule has 0 aromatic heterocycles. The summed E-state index contributed by atoms with van der Waals surface area (Å²) >= 11 is 0. The molecular weight excluding hydrogens is 336 g/mol. The van der Waals surface area contributed by atoms with Gasteiger partial charge in [0.2, 0.25) is 11.8 Å². The van der Waals surface area contributed by atoms with Gasteiger partial charge in [0.15, 0.2) is 5.78 Å². The van der Waals surface area contributed by atoms with E-state index in [1.54, 1.807) is 0 Å². The zero-order valence-corrected chi connectivity index (χ0v) is 14.3. The van der Waals surface area contributed by atoms with Crippen LogP contribution in [0.5, 0.6) is 0 Å². The summed E-state index contributed by atoms with van der Waals surface area (Å²) in [4.78, 5) is 49.7. The number of anilines is 1. The highest BCUT2D eigenvalue weighted by atomic mass is 16.6. The molecule has 5 aliphatic rings. The molecule has 1 aromatic carbocycles. The van der Waals surface area contributed by atoms with E-state index < -0.39 is 10.7 Å². The minimum atomic E-state index is -0.623. The first-order chi connectivity index (χ1) is 12.4. The molecule has 4 aliphatic carbocycles. The third kappa shape index (κ3) is 1.86. The average molecular weight is 354 g/mol. The molecule has 5 fully saturated rings. The molecule has 7 nitrogen and oxygen atoms in total. The summed E-state index contributed by atoms with van der Waals surface area (Å²) in [7, 11) is 0. The van der Waals surface area contributed by atoms with Crippen LogP contribution in [0.15, 0.2) is 18.2 Å². The van der Waals surface area contributed by atoms with Gasteiger partial charge in [-0.1, -0.05) is 0 Å². The van der Waals surface area contributed by atoms with E-state index in [4.69, 9.17) is 0 Å². The molecule has 0 radical (unpaired) electrons. The number of carbonyl (C=O) groups excluding carboxylic acids is 3. The van der Waals surface area contributed by atoms with Gasteiger partial charge in [0.25, 0.3) is 5.69 Å². The molecule has 2 bridgehead atoms. The van der Waals surface area contributed by atoms with Crippen LogP contribution < -0.4 is 4.90 Å². The summed E-state index contributed by atoms with van der Waals surface area (Å²) < 4.78 is 0. The maximum Gasteiger partial charge on any atom is 0.280 e. The summed E-state index contributed by atoms with van der Waals surface area (Å²) in [6.45, 7) is 1.24. The predicted octanol–water partition coefficient (Wildman–Crippen LogP) is 2.58. The van der Waals surface area contributed by atoms with Crippen molar-refractivity contribution in [2.45, 2.75) is 26.2 Å². The van der Waals surface area contributed by atoms with Crippen molar-refractivity contribution in [3.05, 3.63) is 33.9 Å². The summed E-state index contributed by atoms with van der Waals surface area (Å²) in [5.74, 6) is 0.432. The Kier molecular flexibility index (Phi) is 3.01. The fourth-order valence-electron chi connectivity index (χ4n) is 5.90. The number of rotatable bonds is 3. The van der Waals surface area contributed by atoms with Gasteiger partial charge < -0.3 is 0 Å². The Morgan fingerprint density at radius 3 is 2.15 bits per heavy atom. The smallest absolute Gasteiger partial charge is 0.280 e. The van der Waals surface area contributed by atoms with Crippen molar-refractivity contribution in [1.29, 1.82) is 0 Å². The van der Waals surface area contributed by atoms with Crippen LogP contribution in [0, 0.1) is 45.6 Å². The summed E-state index contributed by atoms with van der Waals surface area (Å²) in [5.41, 5.74) is -0.105. The van der Waals surface area contributed by atoms with Gasteiger partial charge in [0.05, 0.1) is 28.0 Å². The molecular formula is C19H18N2O5. The van der Waals surface area contributed by atoms with Gasteiger partial charge in [0.1, 0.15) is 0 Å². The Labute approximate surface area is 149 Å². The Hall–Kier alpha value is -2.57. The lowest BCUT2D eigenvalue weighted by Crippen LogP contribution is -2.43. The topological polar surface area (TPSA) is 97.6 Å². The van der Waals surface area contributed by atoms with Crippen LogP contribution >= 0.6 is 0 Å². The molecule has 134 valence electrons. The number of nitrogens with zero attached hydrogens (tertiary/aromatic N) is 2. The molecule has 26 heavy (non-hydrogen) atoms. The predicted molar refractivity (Wildman–Crippen MR) is 90.4 cm³/mol. The number of hydrogen-bond donors (Lipinski definition) is 0. The van der Waals surface area contributed by atoms with Crippen molar-refractivity contribution in [3.8, 4) is 0 Å². The molecule has 6 rings (SSSR count). The van der Waals surface area contributed by atoms with Crippen molar-refractivity contribution >= 4 is 29.0 Å². The zero-order valence-electron chi connectivity index (χ0n) is 14.3. The van der Waals surface area contributed by atoms with E-state index in [0.29, 0.717) is 23.7 Å². The standard InChI is InChI=1S/C19H18N2O5/c1-8(22)12-6-9(2-5-15(12)21(25)26)20-18(23)16-10-3-4-11(14-7-13(10)14)17(16)19(20)24/h2,5-6,10-11,13-14,16-17H,3-4,7H2,1H3/t10-,11+,13+,14-,16-,17+. The number of carbonyl (C=O) groups is 3. The molecule has 7 heteroatoms. The first kappa shape index (κ1) is 15.7. The van der Waals surface area contributed by atoms with Crippen molar-refractivity contribution in [1.82, 2.24) is 0 Å². The van der Waals surface area contributed by atoms with Crippen molar-refractivity contribution in [3.63, 3.8) is 0 Å². The second-order valence-corrected chi connectivity index (χ2v) is 8.05. The van der Waals surface area contributed by atoms with Gasteiger partial charge in [-0.2, -0.15) is 0 Å². The van der Waals surface area contributed by atoms with Crippen LogP contribution in [-0.2, 0) is 9.59 Å². The number of hydrogen-bond acceptors (Lipinski definition) is 5. The van der Waals surface area contributed by atoms with Crippen molar-refractivity contribution in [2.24, 2.45) is 35.5 Å². The molecule has 6 atom stereocenters. The molecule has 1 saturated heterocycles. The van der Waals surface area contributed by atoms with Crippen molar-refractivity contribution in [2.75, 3.05) is 4.90 Å². The lowest BCUT2D eigenvalue weighted by molar-refractivity contribution is -0.385. The number of nitro groups is 1. The monoisotopic (exact) mass is 354 g/mol. The Morgan fingerprint density at radius 2 is 1.65 bits per heavy atom. The minimum Gasteiger partial charge on any atom is -0.294 e. The van der Waals surface area contributed by atoms with E-state index >= 15 is 0 Å². The van der Waals surface area contributed by atoms with Crippen LogP contribution in [0.4, 0.5) is 11.4 Å². The van der Waals surface area contributed by atoms with E-state index in [9.17, 15) is 24.5 Å². The number of nitro benzene ring substituents is 1. The number of amides is 2. The number of ketones is 1. The normalized spacial score (nSPS) is 36.7. The number of Topliss-reactive ketones (excluding diaryl/α,β-unsaturated/α-hetero) is 1. The van der Waals surface area contributed by atoms with Crippen LogP contribution in [0.3, 0.4) is 0 Å². The highest BCUT2D eigenvalue weighted by Gasteiger charge is 2.68. The fraction of sp³-hybridized carbons (Fsp3) is 0.526. The zero-order chi connectivity index (χ0) is 18.3. The molecule has 1 aromatic rings. The number of benzene rings is 1. The third-order valence-electron chi connectivity index (χ3n) is 6.96. The van der Waals surface area contributed by atoms with Gasteiger partial charge in [-0.25, -0.2) is 0 Å². The first-order valence-corrected chi connectivity index (χ1v) is 9.07. The number of fused-ring (bicyclic) bond motifs is 1. The first-order valence-electron chi connectivity index (χ1n) is 9.07. The summed E-state index contributed by atoms with van der Waals surface area (Å²) in [6.07, 6.45) is 3.17. The second-order valence-electron chi connectivity index (χ2n) is 8.05. The van der Waals surface area contributed by atoms with E-state index in [1.807, 2.05) is 0 Å². The van der Waals surface area contributed by atoms with E-state index in [-0.39, 0.29) is 40.6 Å². The molecule has 2 amide bonds. The average Bonchev–Trinajstić information content (AvgIpc) is 3.38. The van der Waals surface area contributed by atoms with Gasteiger partial charge in [-0.05, 0) is 62.0 Å². The highest BCUT2D eigenvalue weighted by molar-refractivity contribution is 6.22. The largest absolute Gasteiger partial charge is 0.294 e. The van der Waals surface area contributed by atoms with E-state index in [1.165, 1.54) is 30.0 Å². The SMILES string of the molecule is CC(=O)c1cc(N2C(=O)[C@@H]3[C@@H]4CC[C@@H]([C@H]5C[C@H]54)[C@@H]3C2=O)ccc1[N+](=O)[O-]. The van der Waals surface area contributed by atoms with E-state index in [2.05, 4.69) is 0 Å². The summed E-state index contributed by atoms with van der Waals surface area (Å²) in [5, 5.41) is 11.1. The van der Waals surface area contributed by atoms with Crippen LogP contribution in [0.25, 0.3) is 0 Å². The highest BCUT2D eigenvalue weighted by Crippen LogP contribution is 2.68. The maximum absolute atomic E-state index is 13.1. The molecule has 1 heterocycles. The van der Waals surface area contributed by atoms with Crippen molar-refractivity contribution < 1.29 is 19.3 Å². The lowest BCUT2D eigenvalue weighted by atomic mass is 9.59. The minimum absolute atomic E-state index is 0.0752. The maximum atomic E-state index is 13.1. The van der Waals surface area contributed by atoms with Crippen LogP contribution in [0.2, 0.25) is 0 Å². The molecule has 1 aliphatic heterocycles. The lowest BCUT2D eigenvalue weighted by Gasteiger charge is -2.42. The van der Waals surface area contributed by atoms with Gasteiger partial charge >= 0.3 is 0 Å². The van der Waals surface area contributed by atoms with Crippen LogP contribution in [0.1, 0.15) is 36.5 Å². The molecule has 0 N–H and O–H groups in total. The molecule has 0 spiro atoms. The third-order valence-corrected chi connectivity index (χ3v) is 6.96. The Bertz CT molecular complexity index is 860. The van der Waals surface area contributed by atoms with Crippen LogP contribution in [-0.4, -0.2) is 22.5 Å². The van der Waals surface area contributed by atoms with Gasteiger partial charge in [-0.3, -0.25) is 29.4 Å².